The van der Waals surface area contributed by atoms with E-state index in [1.807, 2.05) is 6.92 Å². The van der Waals surface area contributed by atoms with Crippen LogP contribution in [0.5, 0.6) is 0 Å². The van der Waals surface area contributed by atoms with E-state index in [2.05, 4.69) is 17.6 Å². The van der Waals surface area contributed by atoms with E-state index in [9.17, 15) is 9.59 Å². The van der Waals surface area contributed by atoms with Crippen molar-refractivity contribution in [2.75, 3.05) is 0 Å². The van der Waals surface area contributed by atoms with E-state index in [0.29, 0.717) is 18.9 Å². The van der Waals surface area contributed by atoms with Crippen molar-refractivity contribution in [3.05, 3.63) is 0 Å². The number of aliphatic carboxylic acids is 1. The molecule has 0 aliphatic heterocycles. The van der Waals surface area contributed by atoms with E-state index in [-0.39, 0.29) is 18.5 Å². The van der Waals surface area contributed by atoms with Gasteiger partial charge in [-0.25, -0.2) is 4.79 Å². The zero-order chi connectivity index (χ0) is 15.0. The zero-order valence-electron chi connectivity index (χ0n) is 12.7. The Kier molecular flexibility index (Phi) is 7.41. The maximum atomic E-state index is 11.8. The first-order valence-corrected chi connectivity index (χ1v) is 7.80. The van der Waals surface area contributed by atoms with Gasteiger partial charge < -0.3 is 15.7 Å². The molecular formula is C15H28N2O3. The van der Waals surface area contributed by atoms with Crippen LogP contribution in [0.1, 0.15) is 65.2 Å². The number of carbonyl (C=O) groups excluding carboxylic acids is 1. The van der Waals surface area contributed by atoms with Gasteiger partial charge in [0, 0.05) is 18.5 Å². The maximum absolute atomic E-state index is 11.8. The van der Waals surface area contributed by atoms with Gasteiger partial charge in [0.15, 0.2) is 0 Å². The lowest BCUT2D eigenvalue weighted by Gasteiger charge is -2.29. The molecule has 3 N–H and O–H groups in total. The smallest absolute Gasteiger partial charge is 0.315 e. The van der Waals surface area contributed by atoms with Gasteiger partial charge >= 0.3 is 12.0 Å². The monoisotopic (exact) mass is 284 g/mol. The molecule has 0 aromatic rings. The number of rotatable bonds is 7. The molecule has 5 nitrogen and oxygen atoms in total. The Hall–Kier alpha value is -1.26. The molecule has 2 amide bonds. The number of amides is 2. The third-order valence-corrected chi connectivity index (χ3v) is 4.16. The molecular weight excluding hydrogens is 256 g/mol. The van der Waals surface area contributed by atoms with Gasteiger partial charge in [-0.2, -0.15) is 0 Å². The SMILES string of the molecule is CCC1CCC(NC(=O)NC(C)CCCC(=O)O)CC1. The summed E-state index contributed by atoms with van der Waals surface area (Å²) in [6.45, 7) is 4.14. The maximum Gasteiger partial charge on any atom is 0.315 e. The van der Waals surface area contributed by atoms with E-state index >= 15 is 0 Å². The number of urea groups is 1. The van der Waals surface area contributed by atoms with E-state index in [1.54, 1.807) is 0 Å². The summed E-state index contributed by atoms with van der Waals surface area (Å²) >= 11 is 0. The number of carboxylic acid groups (broad SMARTS) is 1. The zero-order valence-corrected chi connectivity index (χ0v) is 12.7. The van der Waals surface area contributed by atoms with Gasteiger partial charge in [-0.15, -0.1) is 0 Å². The summed E-state index contributed by atoms with van der Waals surface area (Å²) in [5.74, 6) is 0.0420. The van der Waals surface area contributed by atoms with Gasteiger partial charge in [-0.1, -0.05) is 13.3 Å². The molecule has 0 aromatic carbocycles. The van der Waals surface area contributed by atoms with Crippen molar-refractivity contribution in [2.24, 2.45) is 5.92 Å². The molecule has 0 bridgehead atoms. The van der Waals surface area contributed by atoms with E-state index < -0.39 is 5.97 Å². The molecule has 1 atom stereocenters. The second-order valence-electron chi connectivity index (χ2n) is 5.93. The van der Waals surface area contributed by atoms with Crippen molar-refractivity contribution in [1.29, 1.82) is 0 Å². The van der Waals surface area contributed by atoms with Crippen molar-refractivity contribution in [1.82, 2.24) is 10.6 Å². The van der Waals surface area contributed by atoms with Gasteiger partial charge in [-0.05, 0) is 51.4 Å². The Morgan fingerprint density at radius 2 is 1.90 bits per heavy atom. The molecule has 116 valence electrons. The molecule has 0 heterocycles. The van der Waals surface area contributed by atoms with Crippen LogP contribution >= 0.6 is 0 Å². The Morgan fingerprint density at radius 3 is 2.45 bits per heavy atom. The Bertz CT molecular complexity index is 312. The average Bonchev–Trinajstić information content (AvgIpc) is 2.38. The lowest BCUT2D eigenvalue weighted by atomic mass is 9.85. The molecule has 0 radical (unpaired) electrons. The predicted molar refractivity (Wildman–Crippen MR) is 78.7 cm³/mol. The largest absolute Gasteiger partial charge is 0.481 e. The van der Waals surface area contributed by atoms with Crippen LogP contribution in [-0.2, 0) is 4.79 Å². The Morgan fingerprint density at radius 1 is 1.25 bits per heavy atom. The van der Waals surface area contributed by atoms with Crippen molar-refractivity contribution in [3.63, 3.8) is 0 Å². The predicted octanol–water partition coefficient (Wildman–Crippen LogP) is 2.90. The fourth-order valence-electron chi connectivity index (χ4n) is 2.80. The first-order chi connectivity index (χ1) is 9.51. The van der Waals surface area contributed by atoms with Crippen molar-refractivity contribution in [3.8, 4) is 0 Å². The fourth-order valence-corrected chi connectivity index (χ4v) is 2.80. The van der Waals surface area contributed by atoms with E-state index in [4.69, 9.17) is 5.11 Å². The minimum atomic E-state index is -0.783. The average molecular weight is 284 g/mol. The highest BCUT2D eigenvalue weighted by Gasteiger charge is 2.21. The second kappa shape index (κ2) is 8.82. The highest BCUT2D eigenvalue weighted by molar-refractivity contribution is 5.74. The summed E-state index contributed by atoms with van der Waals surface area (Å²) in [5.41, 5.74) is 0. The first kappa shape index (κ1) is 16.8. The van der Waals surface area contributed by atoms with Crippen LogP contribution in [0.3, 0.4) is 0 Å². The molecule has 1 unspecified atom stereocenters. The van der Waals surface area contributed by atoms with Crippen LogP contribution in [0, 0.1) is 5.92 Å². The summed E-state index contributed by atoms with van der Waals surface area (Å²) in [5, 5.41) is 14.5. The van der Waals surface area contributed by atoms with Crippen LogP contribution in [-0.4, -0.2) is 29.2 Å². The minimum absolute atomic E-state index is 0.0151. The second-order valence-corrected chi connectivity index (χ2v) is 5.93. The minimum Gasteiger partial charge on any atom is -0.481 e. The van der Waals surface area contributed by atoms with E-state index in [0.717, 1.165) is 18.8 Å². The Labute approximate surface area is 121 Å². The number of hydrogen-bond acceptors (Lipinski definition) is 2. The van der Waals surface area contributed by atoms with E-state index in [1.165, 1.54) is 19.3 Å². The van der Waals surface area contributed by atoms with Gasteiger partial charge in [0.05, 0.1) is 0 Å². The standard InChI is InChI=1S/C15H28N2O3/c1-3-12-7-9-13(10-8-12)17-15(20)16-11(2)5-4-6-14(18)19/h11-13H,3-10H2,1-2H3,(H,18,19)(H2,16,17,20). The topological polar surface area (TPSA) is 78.4 Å². The molecule has 0 spiro atoms. The Balaban J connectivity index is 2.15. The molecule has 0 saturated heterocycles. The van der Waals surface area contributed by atoms with Crippen molar-refractivity contribution >= 4 is 12.0 Å². The molecule has 5 heteroatoms. The van der Waals surface area contributed by atoms with Crippen LogP contribution in [0.2, 0.25) is 0 Å². The molecule has 1 aliphatic rings. The van der Waals surface area contributed by atoms with Gasteiger partial charge in [0.2, 0.25) is 0 Å². The normalized spacial score (nSPS) is 23.9. The van der Waals surface area contributed by atoms with Gasteiger partial charge in [0.25, 0.3) is 0 Å². The highest BCUT2D eigenvalue weighted by atomic mass is 16.4. The summed E-state index contributed by atoms with van der Waals surface area (Å²) in [6.07, 6.45) is 7.23. The van der Waals surface area contributed by atoms with Crippen molar-refractivity contribution in [2.45, 2.75) is 77.3 Å². The van der Waals surface area contributed by atoms with Crippen LogP contribution in [0.4, 0.5) is 4.79 Å². The van der Waals surface area contributed by atoms with Crippen LogP contribution in [0.25, 0.3) is 0 Å². The summed E-state index contributed by atoms with van der Waals surface area (Å²) in [7, 11) is 0. The highest BCUT2D eigenvalue weighted by Crippen LogP contribution is 2.26. The third-order valence-electron chi connectivity index (χ3n) is 4.16. The number of hydrogen-bond donors (Lipinski definition) is 3. The number of carboxylic acids is 1. The molecule has 1 fully saturated rings. The molecule has 20 heavy (non-hydrogen) atoms. The molecule has 0 aromatic heterocycles. The molecule has 1 saturated carbocycles. The lowest BCUT2D eigenvalue weighted by Crippen LogP contribution is -2.46. The summed E-state index contributed by atoms with van der Waals surface area (Å²) < 4.78 is 0. The number of carbonyl (C=O) groups is 2. The van der Waals surface area contributed by atoms with Crippen LogP contribution in [0.15, 0.2) is 0 Å². The third kappa shape index (κ3) is 6.78. The number of nitrogens with one attached hydrogen (secondary N) is 2. The molecule has 1 rings (SSSR count). The van der Waals surface area contributed by atoms with Crippen molar-refractivity contribution < 1.29 is 14.7 Å². The van der Waals surface area contributed by atoms with Gasteiger partial charge in [-0.3, -0.25) is 4.79 Å². The van der Waals surface area contributed by atoms with Gasteiger partial charge in [0.1, 0.15) is 0 Å². The summed E-state index contributed by atoms with van der Waals surface area (Å²) in [4.78, 5) is 22.2. The molecule has 1 aliphatic carbocycles. The fraction of sp³-hybridized carbons (Fsp3) is 0.867. The lowest BCUT2D eigenvalue weighted by molar-refractivity contribution is -0.137. The van der Waals surface area contributed by atoms with Crippen LogP contribution < -0.4 is 10.6 Å². The quantitative estimate of drug-likeness (QED) is 0.672. The summed E-state index contributed by atoms with van der Waals surface area (Å²) in [6, 6.07) is 0.193. The first-order valence-electron chi connectivity index (χ1n) is 7.80.